The van der Waals surface area contributed by atoms with Crippen LogP contribution in [0, 0.1) is 0 Å². The Balaban J connectivity index is 3.11. The largest absolute Gasteiger partial charge is 0.390 e. The van der Waals surface area contributed by atoms with Crippen LogP contribution in [0.25, 0.3) is 0 Å². The number of rotatable bonds is 3. The fraction of sp³-hybridized carbons (Fsp3) is 1.00. The zero-order valence-corrected chi connectivity index (χ0v) is 7.03. The molecule has 0 unspecified atom stereocenters. The summed E-state index contributed by atoms with van der Waals surface area (Å²) < 4.78 is 0. The van der Waals surface area contributed by atoms with Gasteiger partial charge in [-0.15, -0.1) is 0 Å². The zero-order chi connectivity index (χ0) is 6.62. The first-order valence-electron chi connectivity index (χ1n) is 2.84. The topological polar surface area (TPSA) is 20.2 Å². The van der Waals surface area contributed by atoms with Gasteiger partial charge in [-0.3, -0.25) is 0 Å². The molecule has 0 aliphatic heterocycles. The Morgan fingerprint density at radius 2 is 2.00 bits per heavy atom. The van der Waals surface area contributed by atoms with Crippen molar-refractivity contribution in [3.63, 3.8) is 0 Å². The van der Waals surface area contributed by atoms with E-state index in [1.54, 1.807) is 0 Å². The Morgan fingerprint density at radius 1 is 1.50 bits per heavy atom. The first-order valence-corrected chi connectivity index (χ1v) is 3.97. The van der Waals surface area contributed by atoms with E-state index < -0.39 is 5.60 Å². The zero-order valence-electron chi connectivity index (χ0n) is 5.45. The van der Waals surface area contributed by atoms with Crippen LogP contribution >= 0.6 is 15.9 Å². The van der Waals surface area contributed by atoms with Crippen LogP contribution in [-0.2, 0) is 0 Å². The summed E-state index contributed by atoms with van der Waals surface area (Å²) in [5.74, 6) is 0. The molecule has 0 saturated heterocycles. The average molecular weight is 181 g/mol. The van der Waals surface area contributed by atoms with Crippen LogP contribution < -0.4 is 0 Å². The molecule has 0 spiro atoms. The normalized spacial score (nSPS) is 12.0. The molecular formula is C6H13BrO. The lowest BCUT2D eigenvalue weighted by Gasteiger charge is -2.14. The van der Waals surface area contributed by atoms with Crippen molar-refractivity contribution >= 4 is 15.9 Å². The molecule has 0 aliphatic carbocycles. The van der Waals surface area contributed by atoms with Gasteiger partial charge in [-0.05, 0) is 26.7 Å². The second-order valence-electron chi connectivity index (χ2n) is 2.60. The van der Waals surface area contributed by atoms with E-state index in [4.69, 9.17) is 5.11 Å². The van der Waals surface area contributed by atoms with Gasteiger partial charge in [-0.25, -0.2) is 0 Å². The molecule has 8 heavy (non-hydrogen) atoms. The predicted octanol–water partition coefficient (Wildman–Crippen LogP) is 1.93. The van der Waals surface area contributed by atoms with Gasteiger partial charge in [-0.2, -0.15) is 0 Å². The van der Waals surface area contributed by atoms with Gasteiger partial charge in [0.05, 0.1) is 5.60 Å². The number of alkyl halides is 1. The Hall–Kier alpha value is 0.440. The molecule has 50 valence electrons. The van der Waals surface area contributed by atoms with Crippen LogP contribution in [0.1, 0.15) is 26.7 Å². The van der Waals surface area contributed by atoms with Crippen molar-refractivity contribution in [1.82, 2.24) is 0 Å². The first-order chi connectivity index (χ1) is 3.56. The molecule has 0 rings (SSSR count). The van der Waals surface area contributed by atoms with Gasteiger partial charge < -0.3 is 5.11 Å². The average Bonchev–Trinajstić information content (AvgIpc) is 1.59. The second-order valence-corrected chi connectivity index (χ2v) is 3.40. The highest BCUT2D eigenvalue weighted by atomic mass is 79.9. The van der Waals surface area contributed by atoms with Crippen LogP contribution in [0.15, 0.2) is 0 Å². The standard InChI is InChI=1S/C6H13BrO/c1-6(2,8)4-3-5-7/h8H,3-5H2,1-2H3. The number of aliphatic hydroxyl groups is 1. The number of hydrogen-bond acceptors (Lipinski definition) is 1. The minimum Gasteiger partial charge on any atom is -0.390 e. The number of hydrogen-bond donors (Lipinski definition) is 1. The molecule has 1 nitrogen and oxygen atoms in total. The van der Waals surface area contributed by atoms with E-state index in [2.05, 4.69) is 15.9 Å². The Bertz CT molecular complexity index is 56.0. The van der Waals surface area contributed by atoms with Crippen LogP contribution in [0.3, 0.4) is 0 Å². The van der Waals surface area contributed by atoms with E-state index in [-0.39, 0.29) is 0 Å². The predicted molar refractivity (Wildman–Crippen MR) is 39.3 cm³/mol. The molecule has 0 radical (unpaired) electrons. The lowest BCUT2D eigenvalue weighted by Crippen LogP contribution is -2.17. The summed E-state index contributed by atoms with van der Waals surface area (Å²) in [4.78, 5) is 0. The molecule has 0 aromatic carbocycles. The lowest BCUT2D eigenvalue weighted by molar-refractivity contribution is 0.0707. The van der Waals surface area contributed by atoms with Gasteiger partial charge in [0.15, 0.2) is 0 Å². The third-order valence-corrected chi connectivity index (χ3v) is 1.48. The first kappa shape index (κ1) is 8.44. The van der Waals surface area contributed by atoms with Gasteiger partial charge in [0.25, 0.3) is 0 Å². The Kier molecular flexibility index (Phi) is 3.65. The summed E-state index contributed by atoms with van der Waals surface area (Å²) in [6.45, 7) is 3.66. The SMILES string of the molecule is CC(C)(O)CCCBr. The van der Waals surface area contributed by atoms with Crippen molar-refractivity contribution in [1.29, 1.82) is 0 Å². The van der Waals surface area contributed by atoms with E-state index in [0.717, 1.165) is 18.2 Å². The summed E-state index contributed by atoms with van der Waals surface area (Å²) in [7, 11) is 0. The fourth-order valence-corrected chi connectivity index (χ4v) is 0.780. The second kappa shape index (κ2) is 3.46. The van der Waals surface area contributed by atoms with E-state index in [0.29, 0.717) is 0 Å². The minimum atomic E-state index is -0.478. The summed E-state index contributed by atoms with van der Waals surface area (Å²) in [5.41, 5.74) is -0.478. The van der Waals surface area contributed by atoms with Crippen molar-refractivity contribution < 1.29 is 5.11 Å². The van der Waals surface area contributed by atoms with E-state index in [1.807, 2.05) is 13.8 Å². The summed E-state index contributed by atoms with van der Waals surface area (Å²) in [6, 6.07) is 0. The van der Waals surface area contributed by atoms with Crippen LogP contribution in [0.4, 0.5) is 0 Å². The highest BCUT2D eigenvalue weighted by Crippen LogP contribution is 2.10. The molecule has 1 N–H and O–H groups in total. The Morgan fingerprint density at radius 3 is 2.12 bits per heavy atom. The maximum Gasteiger partial charge on any atom is 0.0592 e. The summed E-state index contributed by atoms with van der Waals surface area (Å²) in [6.07, 6.45) is 1.92. The molecule has 0 aromatic heterocycles. The third-order valence-electron chi connectivity index (χ3n) is 0.922. The van der Waals surface area contributed by atoms with Crippen molar-refractivity contribution in [2.45, 2.75) is 32.3 Å². The molecule has 0 aromatic rings. The monoisotopic (exact) mass is 180 g/mol. The highest BCUT2D eigenvalue weighted by molar-refractivity contribution is 9.09. The van der Waals surface area contributed by atoms with Crippen molar-refractivity contribution in [2.24, 2.45) is 0 Å². The van der Waals surface area contributed by atoms with Crippen molar-refractivity contribution in [3.8, 4) is 0 Å². The van der Waals surface area contributed by atoms with Crippen LogP contribution in [-0.4, -0.2) is 16.0 Å². The van der Waals surface area contributed by atoms with Crippen LogP contribution in [0.2, 0.25) is 0 Å². The lowest BCUT2D eigenvalue weighted by atomic mass is 10.0. The summed E-state index contributed by atoms with van der Waals surface area (Å²) in [5, 5.41) is 10.1. The van der Waals surface area contributed by atoms with E-state index in [9.17, 15) is 0 Å². The van der Waals surface area contributed by atoms with E-state index in [1.165, 1.54) is 0 Å². The molecule has 0 fully saturated rings. The molecule has 0 aliphatic rings. The molecule has 2 heteroatoms. The van der Waals surface area contributed by atoms with Gasteiger partial charge in [0, 0.05) is 5.33 Å². The molecular weight excluding hydrogens is 168 g/mol. The molecule has 0 amide bonds. The summed E-state index contributed by atoms with van der Waals surface area (Å²) >= 11 is 3.29. The van der Waals surface area contributed by atoms with Gasteiger partial charge >= 0.3 is 0 Å². The van der Waals surface area contributed by atoms with Crippen molar-refractivity contribution in [2.75, 3.05) is 5.33 Å². The molecule has 0 heterocycles. The van der Waals surface area contributed by atoms with Gasteiger partial charge in [0.2, 0.25) is 0 Å². The quantitative estimate of drug-likeness (QED) is 0.659. The Labute approximate surface area is 59.2 Å². The maximum atomic E-state index is 9.13. The third kappa shape index (κ3) is 6.44. The molecule has 0 saturated carbocycles. The van der Waals surface area contributed by atoms with Gasteiger partial charge in [-0.1, -0.05) is 15.9 Å². The van der Waals surface area contributed by atoms with Gasteiger partial charge in [0.1, 0.15) is 0 Å². The number of halogens is 1. The van der Waals surface area contributed by atoms with Crippen molar-refractivity contribution in [3.05, 3.63) is 0 Å². The maximum absolute atomic E-state index is 9.13. The van der Waals surface area contributed by atoms with Crippen LogP contribution in [0.5, 0.6) is 0 Å². The molecule has 0 bridgehead atoms. The fourth-order valence-electron chi connectivity index (χ4n) is 0.499. The smallest absolute Gasteiger partial charge is 0.0592 e. The van der Waals surface area contributed by atoms with E-state index >= 15 is 0 Å². The minimum absolute atomic E-state index is 0.478. The molecule has 0 atom stereocenters. The highest BCUT2D eigenvalue weighted by Gasteiger charge is 2.09.